The van der Waals surface area contributed by atoms with Crippen molar-refractivity contribution in [1.82, 2.24) is 0 Å². The van der Waals surface area contributed by atoms with E-state index in [-0.39, 0.29) is 23.6 Å². The van der Waals surface area contributed by atoms with Crippen molar-refractivity contribution in [1.29, 1.82) is 0 Å². The molecule has 0 bridgehead atoms. The molecule has 2 unspecified atom stereocenters. The Morgan fingerprint density at radius 2 is 1.72 bits per heavy atom. The number of anilines is 1. The molecule has 2 N–H and O–H groups in total. The Morgan fingerprint density at radius 3 is 2.28 bits per heavy atom. The quantitative estimate of drug-likeness (QED) is 0.266. The van der Waals surface area contributed by atoms with Gasteiger partial charge in [0.1, 0.15) is 5.82 Å². The summed E-state index contributed by atoms with van der Waals surface area (Å²) in [6.07, 6.45) is -7.18. The number of halogens is 7. The van der Waals surface area contributed by atoms with E-state index in [1.54, 1.807) is 0 Å². The highest BCUT2D eigenvalue weighted by molar-refractivity contribution is 5.92. The van der Waals surface area contributed by atoms with Crippen LogP contribution >= 0.6 is 0 Å². The number of amides is 1. The van der Waals surface area contributed by atoms with Gasteiger partial charge in [-0.3, -0.25) is 9.59 Å². The summed E-state index contributed by atoms with van der Waals surface area (Å²) in [5.74, 6) is 2.45. The lowest BCUT2D eigenvalue weighted by molar-refractivity contribution is -0.138. The van der Waals surface area contributed by atoms with E-state index in [0.29, 0.717) is 43.4 Å². The van der Waals surface area contributed by atoms with Crippen LogP contribution in [-0.4, -0.2) is 17.5 Å². The summed E-state index contributed by atoms with van der Waals surface area (Å²) in [6, 6.07) is 5.61. The van der Waals surface area contributed by atoms with Crippen LogP contribution in [0.25, 0.3) is 0 Å². The summed E-state index contributed by atoms with van der Waals surface area (Å²) >= 11 is 0. The fraction of sp³-hybridized carbons (Fsp3) is 0.360. The topological polar surface area (TPSA) is 66.4 Å². The maximum atomic E-state index is 14.1. The van der Waals surface area contributed by atoms with E-state index in [9.17, 15) is 35.5 Å². The van der Waals surface area contributed by atoms with E-state index in [2.05, 4.69) is 17.2 Å². The molecule has 2 atom stereocenters. The van der Waals surface area contributed by atoms with E-state index in [1.807, 2.05) is 0 Å². The van der Waals surface area contributed by atoms with Crippen LogP contribution in [0.15, 0.2) is 36.4 Å². The molecule has 2 aromatic carbocycles. The van der Waals surface area contributed by atoms with E-state index >= 15 is 0 Å². The zero-order valence-corrected chi connectivity index (χ0v) is 18.9. The zero-order chi connectivity index (χ0) is 27.1. The number of rotatable bonds is 3. The van der Waals surface area contributed by atoms with Crippen molar-refractivity contribution in [3.05, 3.63) is 64.5 Å². The predicted molar refractivity (Wildman–Crippen MR) is 117 cm³/mol. The number of nitrogens with one attached hydrogen (secondary N) is 1. The van der Waals surface area contributed by atoms with Gasteiger partial charge < -0.3 is 10.4 Å². The highest BCUT2D eigenvalue weighted by atomic mass is 19.4. The van der Waals surface area contributed by atoms with E-state index in [4.69, 9.17) is 9.90 Å². The first-order chi connectivity index (χ1) is 16.8. The first-order valence-electron chi connectivity index (χ1n) is 10.7. The second kappa shape index (κ2) is 11.9. The Hall–Kier alpha value is -3.55. The lowest BCUT2D eigenvalue weighted by atomic mass is 9.77. The molecule has 1 fully saturated rings. The van der Waals surface area contributed by atoms with Crippen LogP contribution in [0.4, 0.5) is 36.4 Å². The van der Waals surface area contributed by atoms with Crippen molar-refractivity contribution in [3.63, 3.8) is 0 Å². The zero-order valence-electron chi connectivity index (χ0n) is 18.9. The highest BCUT2D eigenvalue weighted by Crippen LogP contribution is 2.39. The molecule has 0 saturated heterocycles. The molecule has 4 nitrogen and oxygen atoms in total. The second-order valence-electron chi connectivity index (χ2n) is 8.03. The number of hydrogen-bond acceptors (Lipinski definition) is 2. The molecule has 1 amide bonds. The van der Waals surface area contributed by atoms with Crippen molar-refractivity contribution < 1.29 is 45.4 Å². The molecule has 0 radical (unpaired) electrons. The summed E-state index contributed by atoms with van der Waals surface area (Å²) in [7, 11) is 0. The normalized spacial score (nSPS) is 17.7. The van der Waals surface area contributed by atoms with Crippen molar-refractivity contribution in [3.8, 4) is 11.8 Å². The van der Waals surface area contributed by atoms with Gasteiger partial charge in [-0.25, -0.2) is 4.39 Å². The van der Waals surface area contributed by atoms with Crippen molar-refractivity contribution >= 4 is 18.1 Å². The lowest BCUT2D eigenvalue weighted by Gasteiger charge is -2.29. The molecular weight excluding hydrogens is 495 g/mol. The number of hydrogen-bond donors (Lipinski definition) is 2. The minimum Gasteiger partial charge on any atom is -0.483 e. The third kappa shape index (κ3) is 7.47. The van der Waals surface area contributed by atoms with Crippen LogP contribution in [-0.2, 0) is 21.9 Å². The number of carboxylic acid groups (broad SMARTS) is 1. The van der Waals surface area contributed by atoms with Crippen molar-refractivity contribution in [2.45, 2.75) is 50.9 Å². The molecule has 1 aliphatic rings. The van der Waals surface area contributed by atoms with Gasteiger partial charge >= 0.3 is 12.4 Å². The SMILES string of the molecule is CC#Cc1cc(C2CCCC(C(=O)Nc3ccc(C(F)(F)F)cc3F)C2)ccc1C(F)(F)F.O=CO. The molecule has 194 valence electrons. The van der Waals surface area contributed by atoms with Crippen LogP contribution < -0.4 is 5.32 Å². The molecule has 1 saturated carbocycles. The maximum absolute atomic E-state index is 14.1. The Kier molecular flexibility index (Phi) is 9.50. The van der Waals surface area contributed by atoms with E-state index < -0.39 is 41.1 Å². The van der Waals surface area contributed by atoms with Crippen LogP contribution in [0.1, 0.15) is 60.8 Å². The molecule has 3 rings (SSSR count). The summed E-state index contributed by atoms with van der Waals surface area (Å²) in [5, 5.41) is 9.23. The largest absolute Gasteiger partial charge is 0.483 e. The third-order valence-electron chi connectivity index (χ3n) is 5.68. The highest BCUT2D eigenvalue weighted by Gasteiger charge is 2.35. The predicted octanol–water partition coefficient (Wildman–Crippen LogP) is 6.85. The van der Waals surface area contributed by atoms with Gasteiger partial charge in [-0.1, -0.05) is 18.4 Å². The Balaban J connectivity index is 0.00000145. The molecule has 0 aliphatic heterocycles. The molecular formula is C25H22F7NO3. The third-order valence-corrected chi connectivity index (χ3v) is 5.68. The Labute approximate surface area is 202 Å². The molecule has 0 heterocycles. The first kappa shape index (κ1) is 28.7. The van der Waals surface area contributed by atoms with Crippen molar-refractivity contribution in [2.75, 3.05) is 5.32 Å². The summed E-state index contributed by atoms with van der Waals surface area (Å²) < 4.78 is 91.9. The van der Waals surface area contributed by atoms with Gasteiger partial charge in [0, 0.05) is 11.5 Å². The van der Waals surface area contributed by atoms with Gasteiger partial charge in [-0.05, 0) is 68.0 Å². The van der Waals surface area contributed by atoms with Gasteiger partial charge in [0.05, 0.1) is 16.8 Å². The summed E-state index contributed by atoms with van der Waals surface area (Å²) in [5.41, 5.74) is -1.86. The number of carbonyl (C=O) groups excluding carboxylic acids is 1. The average Bonchev–Trinajstić information content (AvgIpc) is 2.80. The minimum absolute atomic E-state index is 0.138. The average molecular weight is 517 g/mol. The van der Waals surface area contributed by atoms with Crippen molar-refractivity contribution in [2.24, 2.45) is 5.92 Å². The van der Waals surface area contributed by atoms with Crippen LogP contribution in [0.2, 0.25) is 0 Å². The number of benzene rings is 2. The molecule has 2 aromatic rings. The monoisotopic (exact) mass is 517 g/mol. The van der Waals surface area contributed by atoms with Crippen LogP contribution in [0, 0.1) is 23.6 Å². The van der Waals surface area contributed by atoms with Crippen LogP contribution in [0.3, 0.4) is 0 Å². The van der Waals surface area contributed by atoms with Gasteiger partial charge in [0.25, 0.3) is 6.47 Å². The smallest absolute Gasteiger partial charge is 0.417 e. The number of alkyl halides is 6. The Bertz CT molecular complexity index is 1150. The molecule has 36 heavy (non-hydrogen) atoms. The molecule has 0 spiro atoms. The van der Waals surface area contributed by atoms with Gasteiger partial charge in [0.15, 0.2) is 0 Å². The van der Waals surface area contributed by atoms with Gasteiger partial charge in [-0.15, -0.1) is 5.92 Å². The van der Waals surface area contributed by atoms with Gasteiger partial charge in [0.2, 0.25) is 5.91 Å². The molecule has 11 heteroatoms. The van der Waals surface area contributed by atoms with E-state index in [1.165, 1.54) is 19.1 Å². The summed E-state index contributed by atoms with van der Waals surface area (Å²) in [4.78, 5) is 21.0. The van der Waals surface area contributed by atoms with E-state index in [0.717, 1.165) is 12.1 Å². The Morgan fingerprint density at radius 1 is 1.06 bits per heavy atom. The first-order valence-corrected chi connectivity index (χ1v) is 10.7. The van der Waals surface area contributed by atoms with Gasteiger partial charge in [-0.2, -0.15) is 26.3 Å². The van der Waals surface area contributed by atoms with Crippen LogP contribution in [0.5, 0.6) is 0 Å². The summed E-state index contributed by atoms with van der Waals surface area (Å²) in [6.45, 7) is 1.19. The fourth-order valence-corrected chi connectivity index (χ4v) is 4.06. The molecule has 1 aliphatic carbocycles. The molecule has 0 aromatic heterocycles. The fourth-order valence-electron chi connectivity index (χ4n) is 4.06. The minimum atomic E-state index is -4.71. The lowest BCUT2D eigenvalue weighted by Crippen LogP contribution is -2.28. The standard InChI is InChI=1S/C24H20F7NO.CH2O2/c1-2-4-16-11-15(7-9-19(16)24(29,30)31)14-5-3-6-17(12-14)22(33)32-21-10-8-18(13-20(21)25)23(26,27)28;2-1-3/h7-11,13-14,17H,3,5-6,12H2,1H3,(H,32,33);1H,(H,2,3). The second-order valence-corrected chi connectivity index (χ2v) is 8.03. The maximum Gasteiger partial charge on any atom is 0.417 e. The number of carbonyl (C=O) groups is 2.